The lowest BCUT2D eigenvalue weighted by molar-refractivity contribution is -0.151. The Labute approximate surface area is 102 Å². The van der Waals surface area contributed by atoms with Crippen LogP contribution in [0.15, 0.2) is 0 Å². The first-order valence-corrected chi connectivity index (χ1v) is 6.48. The lowest BCUT2D eigenvalue weighted by Gasteiger charge is -2.37. The van der Waals surface area contributed by atoms with Crippen molar-refractivity contribution in [2.24, 2.45) is 0 Å². The van der Waals surface area contributed by atoms with Gasteiger partial charge in [-0.1, -0.05) is 6.92 Å². The van der Waals surface area contributed by atoms with Crippen molar-refractivity contribution < 1.29 is 14.6 Å². The molecule has 2 fully saturated rings. The highest BCUT2D eigenvalue weighted by molar-refractivity contribution is 5.78. The molecule has 0 saturated carbocycles. The number of carbonyl (C=O) groups excluding carboxylic acids is 1. The normalized spacial score (nSPS) is 31.2. The summed E-state index contributed by atoms with van der Waals surface area (Å²) in [6, 6.07) is 0.298. The highest BCUT2D eigenvalue weighted by Crippen LogP contribution is 2.19. The number of ether oxygens (including phenoxy) is 1. The molecule has 0 aromatic heterocycles. The summed E-state index contributed by atoms with van der Waals surface area (Å²) < 4.78 is 5.17. The number of likely N-dealkylation sites (N-methyl/N-ethyl adjacent to an activating group) is 1. The Kier molecular flexibility index (Phi) is 4.36. The minimum atomic E-state index is -0.157. The van der Waals surface area contributed by atoms with E-state index >= 15 is 0 Å². The summed E-state index contributed by atoms with van der Waals surface area (Å²) in [5.41, 5.74) is 0. The Morgan fingerprint density at radius 2 is 2.29 bits per heavy atom. The predicted octanol–water partition coefficient (Wildman–Crippen LogP) is -0.310. The molecule has 2 rings (SSSR count). The molecule has 2 unspecified atom stereocenters. The molecule has 2 aliphatic rings. The summed E-state index contributed by atoms with van der Waals surface area (Å²) in [4.78, 5) is 16.0. The molecule has 0 bridgehead atoms. The van der Waals surface area contributed by atoms with Crippen LogP contribution in [0.4, 0.5) is 0 Å². The number of likely N-dealkylation sites (tertiary alicyclic amines) is 1. The molecule has 98 valence electrons. The van der Waals surface area contributed by atoms with Gasteiger partial charge in [-0.2, -0.15) is 0 Å². The molecule has 2 saturated heterocycles. The van der Waals surface area contributed by atoms with Crippen molar-refractivity contribution in [3.05, 3.63) is 0 Å². The molecule has 2 atom stereocenters. The van der Waals surface area contributed by atoms with Crippen LogP contribution in [0.1, 0.15) is 19.8 Å². The fourth-order valence-electron chi connectivity index (χ4n) is 2.81. The zero-order valence-electron chi connectivity index (χ0n) is 10.5. The fourth-order valence-corrected chi connectivity index (χ4v) is 2.81. The van der Waals surface area contributed by atoms with E-state index in [1.54, 1.807) is 0 Å². The first kappa shape index (κ1) is 12.8. The Morgan fingerprint density at radius 1 is 1.47 bits per heavy atom. The van der Waals surface area contributed by atoms with E-state index in [0.717, 1.165) is 26.1 Å². The number of carbonyl (C=O) groups is 1. The molecule has 2 heterocycles. The number of nitrogens with zero attached hydrogens (tertiary/aromatic N) is 2. The van der Waals surface area contributed by atoms with E-state index in [9.17, 15) is 9.90 Å². The molecule has 0 aliphatic carbocycles. The highest BCUT2D eigenvalue weighted by Gasteiger charge is 2.33. The SMILES string of the molecule is CCN1CCCC1CN1C(=O)COCC1CO. The zero-order valence-corrected chi connectivity index (χ0v) is 10.5. The van der Waals surface area contributed by atoms with E-state index in [-0.39, 0.29) is 25.2 Å². The molecule has 2 aliphatic heterocycles. The van der Waals surface area contributed by atoms with Gasteiger partial charge in [-0.3, -0.25) is 9.69 Å². The third-order valence-electron chi connectivity index (χ3n) is 3.82. The van der Waals surface area contributed by atoms with Crippen molar-refractivity contribution in [1.29, 1.82) is 0 Å². The second-order valence-electron chi connectivity index (χ2n) is 4.82. The topological polar surface area (TPSA) is 53.0 Å². The van der Waals surface area contributed by atoms with Crippen molar-refractivity contribution in [2.75, 3.05) is 39.5 Å². The van der Waals surface area contributed by atoms with Gasteiger partial charge < -0.3 is 14.7 Å². The zero-order chi connectivity index (χ0) is 12.3. The van der Waals surface area contributed by atoms with Crippen LogP contribution in [0.2, 0.25) is 0 Å². The third-order valence-corrected chi connectivity index (χ3v) is 3.82. The van der Waals surface area contributed by atoms with Crippen LogP contribution >= 0.6 is 0 Å². The second kappa shape index (κ2) is 5.80. The molecule has 0 aromatic carbocycles. The standard InChI is InChI=1S/C12H22N2O3/c1-2-13-5-3-4-10(13)6-14-11(7-15)8-17-9-12(14)16/h10-11,15H,2-9H2,1H3. The van der Waals surface area contributed by atoms with Gasteiger partial charge in [0.15, 0.2) is 0 Å². The van der Waals surface area contributed by atoms with E-state index in [1.807, 2.05) is 4.90 Å². The number of morpholine rings is 1. The van der Waals surface area contributed by atoms with Crippen LogP contribution in [0.5, 0.6) is 0 Å². The molecule has 5 nitrogen and oxygen atoms in total. The molecular weight excluding hydrogens is 220 g/mol. The quantitative estimate of drug-likeness (QED) is 0.735. The number of hydrogen-bond donors (Lipinski definition) is 1. The molecule has 0 aromatic rings. The lowest BCUT2D eigenvalue weighted by Crippen LogP contribution is -2.55. The van der Waals surface area contributed by atoms with Gasteiger partial charge in [0.2, 0.25) is 5.91 Å². The number of hydrogen-bond acceptors (Lipinski definition) is 4. The maximum absolute atomic E-state index is 11.8. The van der Waals surface area contributed by atoms with Gasteiger partial charge in [-0.15, -0.1) is 0 Å². The summed E-state index contributed by atoms with van der Waals surface area (Å²) >= 11 is 0. The van der Waals surface area contributed by atoms with Gasteiger partial charge in [-0.25, -0.2) is 0 Å². The largest absolute Gasteiger partial charge is 0.394 e. The van der Waals surface area contributed by atoms with Crippen LogP contribution in [-0.2, 0) is 9.53 Å². The maximum atomic E-state index is 11.8. The van der Waals surface area contributed by atoms with Crippen LogP contribution in [-0.4, -0.2) is 72.4 Å². The summed E-state index contributed by atoms with van der Waals surface area (Å²) in [6.45, 7) is 5.67. The Bertz CT molecular complexity index is 272. The second-order valence-corrected chi connectivity index (χ2v) is 4.82. The summed E-state index contributed by atoms with van der Waals surface area (Å²) in [6.07, 6.45) is 2.36. The minimum Gasteiger partial charge on any atom is -0.394 e. The fraction of sp³-hybridized carbons (Fsp3) is 0.917. The smallest absolute Gasteiger partial charge is 0.249 e. The summed E-state index contributed by atoms with van der Waals surface area (Å²) in [7, 11) is 0. The van der Waals surface area contributed by atoms with E-state index in [0.29, 0.717) is 12.6 Å². The van der Waals surface area contributed by atoms with Crippen molar-refractivity contribution >= 4 is 5.91 Å². The van der Waals surface area contributed by atoms with Crippen molar-refractivity contribution in [3.63, 3.8) is 0 Å². The van der Waals surface area contributed by atoms with Gasteiger partial charge >= 0.3 is 0 Å². The molecule has 5 heteroatoms. The van der Waals surface area contributed by atoms with E-state index in [4.69, 9.17) is 4.74 Å². The van der Waals surface area contributed by atoms with Crippen molar-refractivity contribution in [3.8, 4) is 0 Å². The number of aliphatic hydroxyl groups is 1. The predicted molar refractivity (Wildman–Crippen MR) is 63.7 cm³/mol. The summed E-state index contributed by atoms with van der Waals surface area (Å²) in [5, 5.41) is 9.29. The molecule has 17 heavy (non-hydrogen) atoms. The van der Waals surface area contributed by atoms with E-state index < -0.39 is 0 Å². The molecule has 1 amide bonds. The van der Waals surface area contributed by atoms with Gasteiger partial charge in [-0.05, 0) is 25.9 Å². The molecule has 0 spiro atoms. The van der Waals surface area contributed by atoms with Crippen LogP contribution in [0.25, 0.3) is 0 Å². The van der Waals surface area contributed by atoms with Crippen molar-refractivity contribution in [2.45, 2.75) is 31.8 Å². The average molecular weight is 242 g/mol. The molecule has 0 radical (unpaired) electrons. The van der Waals surface area contributed by atoms with E-state index in [2.05, 4.69) is 11.8 Å². The Balaban J connectivity index is 1.97. The maximum Gasteiger partial charge on any atom is 0.249 e. The van der Waals surface area contributed by atoms with Gasteiger partial charge in [0.1, 0.15) is 6.61 Å². The monoisotopic (exact) mass is 242 g/mol. The first-order chi connectivity index (χ1) is 8.26. The number of amides is 1. The van der Waals surface area contributed by atoms with Gasteiger partial charge in [0.05, 0.1) is 19.3 Å². The first-order valence-electron chi connectivity index (χ1n) is 6.48. The number of rotatable bonds is 4. The third kappa shape index (κ3) is 2.78. The summed E-state index contributed by atoms with van der Waals surface area (Å²) in [5.74, 6) is 0.0123. The lowest BCUT2D eigenvalue weighted by atomic mass is 10.1. The van der Waals surface area contributed by atoms with Crippen LogP contribution in [0.3, 0.4) is 0 Å². The minimum absolute atomic E-state index is 0.00934. The van der Waals surface area contributed by atoms with Crippen LogP contribution < -0.4 is 0 Å². The Hall–Kier alpha value is -0.650. The molecular formula is C12H22N2O3. The Morgan fingerprint density at radius 3 is 3.00 bits per heavy atom. The molecule has 1 N–H and O–H groups in total. The van der Waals surface area contributed by atoms with Crippen LogP contribution in [0, 0.1) is 0 Å². The highest BCUT2D eigenvalue weighted by atomic mass is 16.5. The van der Waals surface area contributed by atoms with Crippen molar-refractivity contribution in [1.82, 2.24) is 9.80 Å². The van der Waals surface area contributed by atoms with Gasteiger partial charge in [0, 0.05) is 12.6 Å². The average Bonchev–Trinajstić information content (AvgIpc) is 2.79. The number of aliphatic hydroxyl groups excluding tert-OH is 1. The van der Waals surface area contributed by atoms with Gasteiger partial charge in [0.25, 0.3) is 0 Å². The van der Waals surface area contributed by atoms with E-state index in [1.165, 1.54) is 6.42 Å².